The number of carbonyl (C=O) groups excluding carboxylic acids is 1. The number of benzene rings is 2. The van der Waals surface area contributed by atoms with Gasteiger partial charge < -0.3 is 15.1 Å². The van der Waals surface area contributed by atoms with Crippen LogP contribution in [0, 0.1) is 0 Å². The molecule has 0 atom stereocenters. The molecule has 1 aliphatic heterocycles. The molecule has 2 aromatic carbocycles. The second-order valence-corrected chi connectivity index (χ2v) is 7.38. The van der Waals surface area contributed by atoms with Gasteiger partial charge in [0.2, 0.25) is 0 Å². The lowest BCUT2D eigenvalue weighted by molar-refractivity contribution is -0.137. The molecule has 0 saturated carbocycles. The zero-order valence-corrected chi connectivity index (χ0v) is 16.5. The Morgan fingerprint density at radius 2 is 1.66 bits per heavy atom. The van der Waals surface area contributed by atoms with Crippen LogP contribution in [-0.2, 0) is 6.18 Å². The Morgan fingerprint density at radius 1 is 1.00 bits per heavy atom. The highest BCUT2D eigenvalue weighted by Gasteiger charge is 2.30. The largest absolute Gasteiger partial charge is 0.416 e. The number of nitrogens with one attached hydrogen (secondary N) is 1. The van der Waals surface area contributed by atoms with Crippen LogP contribution in [0.15, 0.2) is 48.5 Å². The van der Waals surface area contributed by atoms with E-state index >= 15 is 0 Å². The van der Waals surface area contributed by atoms with Crippen molar-refractivity contribution in [2.24, 2.45) is 0 Å². The van der Waals surface area contributed by atoms with E-state index in [9.17, 15) is 18.0 Å². The molecule has 1 N–H and O–H groups in total. The summed E-state index contributed by atoms with van der Waals surface area (Å²) in [4.78, 5) is 17.3. The first-order chi connectivity index (χ1) is 13.8. The van der Waals surface area contributed by atoms with Gasteiger partial charge in [-0.25, -0.2) is 0 Å². The number of hydrogen-bond donors (Lipinski definition) is 1. The van der Waals surface area contributed by atoms with Gasteiger partial charge in [0.05, 0.1) is 5.56 Å². The Labute approximate surface area is 169 Å². The third kappa shape index (κ3) is 5.81. The highest BCUT2D eigenvalue weighted by atomic mass is 19.4. The molecular weight excluding hydrogens is 379 g/mol. The molecule has 156 valence electrons. The monoisotopic (exact) mass is 405 g/mol. The lowest BCUT2D eigenvalue weighted by Gasteiger charge is -2.32. The molecule has 0 bridgehead atoms. The van der Waals surface area contributed by atoms with Crippen LogP contribution >= 0.6 is 0 Å². The summed E-state index contributed by atoms with van der Waals surface area (Å²) in [5.41, 5.74) is 0.970. The Kier molecular flexibility index (Phi) is 6.92. The van der Waals surface area contributed by atoms with Crippen molar-refractivity contribution in [2.75, 3.05) is 46.3 Å². The summed E-state index contributed by atoms with van der Waals surface area (Å²) in [6.07, 6.45) is -3.52. The average molecular weight is 405 g/mol. The average Bonchev–Trinajstić information content (AvgIpc) is 2.72. The zero-order valence-electron chi connectivity index (χ0n) is 16.5. The van der Waals surface area contributed by atoms with Crippen LogP contribution in [0.5, 0.6) is 0 Å². The van der Waals surface area contributed by atoms with E-state index in [0.29, 0.717) is 23.2 Å². The minimum Gasteiger partial charge on any atom is -0.352 e. The molecule has 4 nitrogen and oxygen atoms in total. The lowest BCUT2D eigenvalue weighted by Crippen LogP contribution is -2.45. The van der Waals surface area contributed by atoms with E-state index in [4.69, 9.17) is 0 Å². The van der Waals surface area contributed by atoms with Gasteiger partial charge in [0.15, 0.2) is 0 Å². The highest BCUT2D eigenvalue weighted by molar-refractivity contribution is 6.00. The molecule has 1 aliphatic rings. The number of hydrogen-bond acceptors (Lipinski definition) is 3. The van der Waals surface area contributed by atoms with Crippen molar-refractivity contribution in [3.05, 3.63) is 59.7 Å². The minimum absolute atomic E-state index is 0.209. The maximum absolute atomic E-state index is 12.8. The van der Waals surface area contributed by atoms with Gasteiger partial charge in [-0.15, -0.1) is 0 Å². The van der Waals surface area contributed by atoms with Gasteiger partial charge in [0.25, 0.3) is 5.91 Å². The quantitative estimate of drug-likeness (QED) is 0.744. The van der Waals surface area contributed by atoms with Gasteiger partial charge >= 0.3 is 6.18 Å². The number of piperazine rings is 1. The molecule has 2 aromatic rings. The SMILES string of the molecule is CN1CCN(CCCNC(=O)c2ccccc2-c2ccc(C(F)(F)F)cc2)CC1. The van der Waals surface area contributed by atoms with Crippen LogP contribution in [0.4, 0.5) is 13.2 Å². The normalized spacial score (nSPS) is 16.0. The fraction of sp³-hybridized carbons (Fsp3) is 0.409. The summed E-state index contributed by atoms with van der Waals surface area (Å²) in [7, 11) is 2.12. The van der Waals surface area contributed by atoms with Crippen molar-refractivity contribution in [2.45, 2.75) is 12.6 Å². The molecule has 0 aliphatic carbocycles. The molecule has 1 amide bonds. The smallest absolute Gasteiger partial charge is 0.352 e. The van der Waals surface area contributed by atoms with Crippen molar-refractivity contribution >= 4 is 5.91 Å². The molecule has 1 fully saturated rings. The third-order valence-electron chi connectivity index (χ3n) is 5.23. The molecule has 3 rings (SSSR count). The van der Waals surface area contributed by atoms with E-state index in [0.717, 1.165) is 51.3 Å². The zero-order chi connectivity index (χ0) is 20.9. The third-order valence-corrected chi connectivity index (χ3v) is 5.23. The van der Waals surface area contributed by atoms with E-state index in [1.165, 1.54) is 12.1 Å². The van der Waals surface area contributed by atoms with Gasteiger partial charge in [-0.3, -0.25) is 4.79 Å². The number of alkyl halides is 3. The number of likely N-dealkylation sites (N-methyl/N-ethyl adjacent to an activating group) is 1. The summed E-state index contributed by atoms with van der Waals surface area (Å²) in [6, 6.07) is 11.9. The first kappa shape index (κ1) is 21.3. The van der Waals surface area contributed by atoms with Gasteiger partial charge in [-0.2, -0.15) is 13.2 Å². The van der Waals surface area contributed by atoms with Crippen molar-refractivity contribution in [3.8, 4) is 11.1 Å². The molecule has 1 saturated heterocycles. The van der Waals surface area contributed by atoms with E-state index in [1.54, 1.807) is 24.3 Å². The van der Waals surface area contributed by atoms with Gasteiger partial charge in [0, 0.05) is 38.3 Å². The summed E-state index contributed by atoms with van der Waals surface area (Å²) in [5.74, 6) is -0.209. The molecule has 7 heteroatoms. The number of amides is 1. The standard InChI is InChI=1S/C22H26F3N3O/c1-27-13-15-28(16-14-27)12-4-11-26-21(29)20-6-3-2-5-19(20)17-7-9-18(10-8-17)22(23,24)25/h2-3,5-10H,4,11-16H2,1H3,(H,26,29). The Bertz CT molecular complexity index is 813. The van der Waals surface area contributed by atoms with Gasteiger partial charge in [-0.05, 0) is 49.3 Å². The second kappa shape index (κ2) is 9.41. The van der Waals surface area contributed by atoms with E-state index in [-0.39, 0.29) is 5.91 Å². The molecule has 0 aromatic heterocycles. The van der Waals surface area contributed by atoms with Crippen LogP contribution in [0.3, 0.4) is 0 Å². The minimum atomic E-state index is -4.38. The lowest BCUT2D eigenvalue weighted by atomic mass is 9.98. The number of rotatable bonds is 6. The van der Waals surface area contributed by atoms with Crippen LogP contribution < -0.4 is 5.32 Å². The number of carbonyl (C=O) groups is 1. The molecule has 0 unspecified atom stereocenters. The van der Waals surface area contributed by atoms with Crippen molar-refractivity contribution < 1.29 is 18.0 Å². The number of halogens is 3. The molecular formula is C22H26F3N3O. The predicted octanol–water partition coefficient (Wildman–Crippen LogP) is 3.74. The fourth-order valence-corrected chi connectivity index (χ4v) is 3.44. The first-order valence-corrected chi connectivity index (χ1v) is 9.80. The Hall–Kier alpha value is -2.38. The van der Waals surface area contributed by atoms with Crippen LogP contribution in [0.25, 0.3) is 11.1 Å². The predicted molar refractivity (Wildman–Crippen MR) is 108 cm³/mol. The summed E-state index contributed by atoms with van der Waals surface area (Å²) < 4.78 is 38.4. The van der Waals surface area contributed by atoms with E-state index < -0.39 is 11.7 Å². The Morgan fingerprint density at radius 3 is 2.31 bits per heavy atom. The highest BCUT2D eigenvalue weighted by Crippen LogP contribution is 2.31. The van der Waals surface area contributed by atoms with Gasteiger partial charge in [0.1, 0.15) is 0 Å². The van der Waals surface area contributed by atoms with Crippen molar-refractivity contribution in [3.63, 3.8) is 0 Å². The van der Waals surface area contributed by atoms with Crippen LogP contribution in [0.1, 0.15) is 22.3 Å². The van der Waals surface area contributed by atoms with E-state index in [2.05, 4.69) is 22.2 Å². The summed E-state index contributed by atoms with van der Waals surface area (Å²) in [6.45, 7) is 5.71. The van der Waals surface area contributed by atoms with Crippen molar-refractivity contribution in [1.82, 2.24) is 15.1 Å². The molecule has 0 spiro atoms. The molecule has 1 heterocycles. The molecule has 29 heavy (non-hydrogen) atoms. The molecule has 0 radical (unpaired) electrons. The second-order valence-electron chi connectivity index (χ2n) is 7.38. The maximum atomic E-state index is 12.8. The Balaban J connectivity index is 1.59. The fourth-order valence-electron chi connectivity index (χ4n) is 3.44. The van der Waals surface area contributed by atoms with Crippen LogP contribution in [-0.4, -0.2) is 62.0 Å². The van der Waals surface area contributed by atoms with Crippen molar-refractivity contribution in [1.29, 1.82) is 0 Å². The topological polar surface area (TPSA) is 35.6 Å². The summed E-state index contributed by atoms with van der Waals surface area (Å²) in [5, 5.41) is 2.94. The first-order valence-electron chi connectivity index (χ1n) is 9.80. The van der Waals surface area contributed by atoms with Crippen LogP contribution in [0.2, 0.25) is 0 Å². The summed E-state index contributed by atoms with van der Waals surface area (Å²) >= 11 is 0. The van der Waals surface area contributed by atoms with Gasteiger partial charge in [-0.1, -0.05) is 30.3 Å². The maximum Gasteiger partial charge on any atom is 0.416 e. The number of nitrogens with zero attached hydrogens (tertiary/aromatic N) is 2. The van der Waals surface area contributed by atoms with E-state index in [1.807, 2.05) is 0 Å².